The van der Waals surface area contributed by atoms with E-state index in [2.05, 4.69) is 36.4 Å². The van der Waals surface area contributed by atoms with E-state index in [1.54, 1.807) is 0 Å². The molecule has 0 saturated carbocycles. The van der Waals surface area contributed by atoms with Crippen LogP contribution in [0.1, 0.15) is 30.0 Å². The Morgan fingerprint density at radius 3 is 1.69 bits per heavy atom. The van der Waals surface area contributed by atoms with Gasteiger partial charge in [0.25, 0.3) is 0 Å². The highest BCUT2D eigenvalue weighted by Crippen LogP contribution is 2.40. The Labute approximate surface area is 173 Å². The van der Waals surface area contributed by atoms with Crippen molar-refractivity contribution in [3.05, 3.63) is 119 Å². The Balaban J connectivity index is 1.98. The van der Waals surface area contributed by atoms with E-state index in [9.17, 15) is 0 Å². The summed E-state index contributed by atoms with van der Waals surface area (Å²) in [7, 11) is 0.714. The maximum Gasteiger partial charge on any atom is 0.485 e. The van der Waals surface area contributed by atoms with Gasteiger partial charge >= 0.3 is 7.69 Å². The fraction of sp³-hybridized carbons (Fsp3) is 0.200. The highest BCUT2D eigenvalue weighted by Gasteiger charge is 2.37. The molecule has 0 bridgehead atoms. The molecule has 1 N–H and O–H groups in total. The lowest BCUT2D eigenvalue weighted by Crippen LogP contribution is -2.33. The molecule has 0 aliphatic rings. The standard InChI is InChI=1S/C25H26BO3/c1-21(18-20-29-26-27)17-19-28-25(22-11-5-2-6-12-22,23-13-7-3-8-14-23)24-15-9-4-10-16-24/h2-16,18,27H,17,19-20H2,1H3/b21-18+. The maximum atomic E-state index is 8.64. The molecule has 0 heterocycles. The first-order valence-electron chi connectivity index (χ1n) is 9.81. The van der Waals surface area contributed by atoms with Crippen molar-refractivity contribution in [2.24, 2.45) is 0 Å². The largest absolute Gasteiger partial charge is 0.485 e. The van der Waals surface area contributed by atoms with Crippen molar-refractivity contribution in [3.8, 4) is 0 Å². The summed E-state index contributed by atoms with van der Waals surface area (Å²) in [4.78, 5) is 0. The highest BCUT2D eigenvalue weighted by molar-refractivity contribution is 6.15. The van der Waals surface area contributed by atoms with E-state index >= 15 is 0 Å². The molecule has 3 aromatic carbocycles. The summed E-state index contributed by atoms with van der Waals surface area (Å²) in [6.45, 7) is 2.94. The van der Waals surface area contributed by atoms with Gasteiger partial charge in [-0.3, -0.25) is 0 Å². The Hall–Kier alpha value is -2.66. The summed E-state index contributed by atoms with van der Waals surface area (Å²) >= 11 is 0. The van der Waals surface area contributed by atoms with Crippen LogP contribution in [0.15, 0.2) is 103 Å². The van der Waals surface area contributed by atoms with Crippen LogP contribution in [0.2, 0.25) is 0 Å². The summed E-state index contributed by atoms with van der Waals surface area (Å²) in [6.07, 6.45) is 2.72. The van der Waals surface area contributed by atoms with Crippen LogP contribution in [0.25, 0.3) is 0 Å². The average molecular weight is 385 g/mol. The summed E-state index contributed by atoms with van der Waals surface area (Å²) in [6, 6.07) is 31.1. The van der Waals surface area contributed by atoms with Crippen molar-refractivity contribution in [2.75, 3.05) is 13.2 Å². The molecule has 1 radical (unpaired) electrons. The molecule has 0 fully saturated rings. The van der Waals surface area contributed by atoms with Gasteiger partial charge in [-0.1, -0.05) is 103 Å². The van der Waals surface area contributed by atoms with Crippen molar-refractivity contribution >= 4 is 7.69 Å². The minimum atomic E-state index is -0.695. The van der Waals surface area contributed by atoms with Gasteiger partial charge in [0.05, 0.1) is 6.61 Å². The van der Waals surface area contributed by atoms with Crippen molar-refractivity contribution in [3.63, 3.8) is 0 Å². The summed E-state index contributed by atoms with van der Waals surface area (Å²) < 4.78 is 11.6. The zero-order valence-corrected chi connectivity index (χ0v) is 16.7. The Morgan fingerprint density at radius 1 is 0.828 bits per heavy atom. The number of hydrogen-bond donors (Lipinski definition) is 1. The molecule has 0 aliphatic carbocycles. The molecule has 0 aromatic heterocycles. The molecule has 3 aromatic rings. The van der Waals surface area contributed by atoms with Gasteiger partial charge in [-0.15, -0.1) is 0 Å². The van der Waals surface area contributed by atoms with Crippen LogP contribution in [-0.4, -0.2) is 25.9 Å². The number of ether oxygens (including phenoxy) is 1. The molecular formula is C25H26BO3. The van der Waals surface area contributed by atoms with E-state index in [0.29, 0.717) is 20.9 Å². The first kappa shape index (κ1) is 21.1. The summed E-state index contributed by atoms with van der Waals surface area (Å²) in [5.41, 5.74) is 3.74. The lowest BCUT2D eigenvalue weighted by molar-refractivity contribution is 0.0147. The Morgan fingerprint density at radius 2 is 1.28 bits per heavy atom. The molecule has 4 heteroatoms. The number of benzene rings is 3. The summed E-state index contributed by atoms with van der Waals surface area (Å²) in [5, 5.41) is 8.64. The second kappa shape index (κ2) is 10.8. The molecule has 0 saturated heterocycles. The van der Waals surface area contributed by atoms with Crippen LogP contribution in [0.4, 0.5) is 0 Å². The normalized spacial score (nSPS) is 12.0. The topological polar surface area (TPSA) is 38.7 Å². The molecule has 0 atom stereocenters. The minimum Gasteiger partial charge on any atom is -0.429 e. The molecule has 0 amide bonds. The lowest BCUT2D eigenvalue weighted by Gasteiger charge is -2.36. The van der Waals surface area contributed by atoms with Crippen molar-refractivity contribution in [1.29, 1.82) is 0 Å². The molecule has 0 spiro atoms. The van der Waals surface area contributed by atoms with Gasteiger partial charge in [0.2, 0.25) is 0 Å². The minimum absolute atomic E-state index is 0.351. The molecule has 0 aliphatic heterocycles. The van der Waals surface area contributed by atoms with Crippen LogP contribution >= 0.6 is 0 Å². The smallest absolute Gasteiger partial charge is 0.429 e. The zero-order chi connectivity index (χ0) is 20.4. The molecule has 3 nitrogen and oxygen atoms in total. The second-order valence-corrected chi connectivity index (χ2v) is 6.87. The van der Waals surface area contributed by atoms with Crippen LogP contribution in [-0.2, 0) is 15.0 Å². The van der Waals surface area contributed by atoms with Crippen LogP contribution in [0, 0.1) is 0 Å². The molecule has 29 heavy (non-hydrogen) atoms. The molecule has 147 valence electrons. The molecule has 0 unspecified atom stereocenters. The SMILES string of the molecule is C/C(=C\CO[B]O)CCOC(c1ccccc1)(c1ccccc1)c1ccccc1. The highest BCUT2D eigenvalue weighted by atomic mass is 16.5. The van der Waals surface area contributed by atoms with Gasteiger partial charge < -0.3 is 14.4 Å². The van der Waals surface area contributed by atoms with Crippen molar-refractivity contribution in [2.45, 2.75) is 18.9 Å². The quantitative estimate of drug-likeness (QED) is 0.234. The van der Waals surface area contributed by atoms with Gasteiger partial charge in [-0.2, -0.15) is 0 Å². The number of hydrogen-bond acceptors (Lipinski definition) is 3. The first-order chi connectivity index (χ1) is 14.3. The third kappa shape index (κ3) is 5.24. The predicted octanol–water partition coefficient (Wildman–Crippen LogP) is 4.87. The maximum absolute atomic E-state index is 8.64. The Kier molecular flexibility index (Phi) is 7.82. The van der Waals surface area contributed by atoms with Gasteiger partial charge in [-0.05, 0) is 30.0 Å². The van der Waals surface area contributed by atoms with Gasteiger partial charge in [-0.25, -0.2) is 0 Å². The fourth-order valence-electron chi connectivity index (χ4n) is 3.47. The first-order valence-corrected chi connectivity index (χ1v) is 9.81. The van der Waals surface area contributed by atoms with E-state index in [1.807, 2.05) is 67.6 Å². The van der Waals surface area contributed by atoms with Gasteiger partial charge in [0.15, 0.2) is 0 Å². The van der Waals surface area contributed by atoms with Gasteiger partial charge in [0, 0.05) is 6.61 Å². The number of rotatable bonds is 10. The monoisotopic (exact) mass is 385 g/mol. The zero-order valence-electron chi connectivity index (χ0n) is 16.7. The van der Waals surface area contributed by atoms with E-state index in [1.165, 1.54) is 0 Å². The van der Waals surface area contributed by atoms with Crippen LogP contribution in [0.5, 0.6) is 0 Å². The van der Waals surface area contributed by atoms with Crippen LogP contribution in [0.3, 0.4) is 0 Å². The molecular weight excluding hydrogens is 359 g/mol. The molecule has 3 rings (SSSR count). The fourth-order valence-corrected chi connectivity index (χ4v) is 3.47. The van der Waals surface area contributed by atoms with Crippen molar-refractivity contribution < 1.29 is 14.4 Å². The third-order valence-corrected chi connectivity index (χ3v) is 4.96. The van der Waals surface area contributed by atoms with E-state index < -0.39 is 5.60 Å². The van der Waals surface area contributed by atoms with Crippen molar-refractivity contribution in [1.82, 2.24) is 0 Å². The summed E-state index contributed by atoms with van der Waals surface area (Å²) in [5.74, 6) is 0. The Bertz CT molecular complexity index is 783. The van der Waals surface area contributed by atoms with Crippen LogP contribution < -0.4 is 0 Å². The van der Waals surface area contributed by atoms with E-state index in [-0.39, 0.29) is 0 Å². The van der Waals surface area contributed by atoms with E-state index in [0.717, 1.165) is 28.7 Å². The van der Waals surface area contributed by atoms with Gasteiger partial charge in [0.1, 0.15) is 5.60 Å². The van der Waals surface area contributed by atoms with E-state index in [4.69, 9.17) is 14.4 Å². The lowest BCUT2D eigenvalue weighted by atomic mass is 9.80. The average Bonchev–Trinajstić information content (AvgIpc) is 2.79. The third-order valence-electron chi connectivity index (χ3n) is 4.96. The second-order valence-electron chi connectivity index (χ2n) is 6.87. The predicted molar refractivity (Wildman–Crippen MR) is 117 cm³/mol.